The third-order valence-corrected chi connectivity index (χ3v) is 5.30. The molecule has 27 heavy (non-hydrogen) atoms. The average molecular weight is 402 g/mol. The molecule has 0 unspecified atom stereocenters. The number of hydrogen-bond donors (Lipinski definition) is 0. The van der Waals surface area contributed by atoms with Crippen molar-refractivity contribution in [1.29, 1.82) is 0 Å². The van der Waals surface area contributed by atoms with E-state index in [2.05, 4.69) is 21.7 Å². The van der Waals surface area contributed by atoms with Crippen LogP contribution in [0.25, 0.3) is 11.4 Å². The number of nitrogens with zero attached hydrogens (tertiary/aromatic N) is 3. The molecule has 140 valence electrons. The predicted molar refractivity (Wildman–Crippen MR) is 108 cm³/mol. The highest BCUT2D eigenvalue weighted by atomic mass is 35.5. The highest BCUT2D eigenvalue weighted by Crippen LogP contribution is 2.27. The fraction of sp³-hybridized carbons (Fsp3) is 0.250. The Morgan fingerprint density at radius 2 is 1.81 bits per heavy atom. The Labute approximate surface area is 167 Å². The lowest BCUT2D eigenvalue weighted by atomic mass is 10.1. The Morgan fingerprint density at radius 3 is 2.44 bits per heavy atom. The summed E-state index contributed by atoms with van der Waals surface area (Å²) in [6.45, 7) is 2.97. The van der Waals surface area contributed by atoms with Crippen molar-refractivity contribution in [1.82, 2.24) is 14.8 Å². The number of methoxy groups -OCH3 is 1. The van der Waals surface area contributed by atoms with E-state index in [9.17, 15) is 4.79 Å². The minimum Gasteiger partial charge on any atom is -0.465 e. The molecule has 0 radical (unpaired) electrons. The molecule has 0 saturated carbocycles. The number of benzene rings is 2. The third-order valence-electron chi connectivity index (χ3n) is 4.01. The first-order chi connectivity index (χ1) is 13.1. The van der Waals surface area contributed by atoms with Gasteiger partial charge in [-0.05, 0) is 48.4 Å². The van der Waals surface area contributed by atoms with Crippen LogP contribution in [0, 0.1) is 0 Å². The maximum absolute atomic E-state index is 11.5. The summed E-state index contributed by atoms with van der Waals surface area (Å²) in [7, 11) is 1.38. The quantitative estimate of drug-likeness (QED) is 0.407. The lowest BCUT2D eigenvalue weighted by Gasteiger charge is -2.09. The number of hydrogen-bond acceptors (Lipinski definition) is 5. The van der Waals surface area contributed by atoms with E-state index in [0.717, 1.165) is 40.8 Å². The first kappa shape index (κ1) is 19.5. The van der Waals surface area contributed by atoms with Gasteiger partial charge >= 0.3 is 5.97 Å². The molecule has 7 heteroatoms. The SMILES string of the molecule is CCCn1c(SCc2ccc(C(=O)OC)cc2)nnc1-c1ccc(Cl)cc1. The van der Waals surface area contributed by atoms with Crippen molar-refractivity contribution in [3.8, 4) is 11.4 Å². The summed E-state index contributed by atoms with van der Waals surface area (Å²) in [6.07, 6.45) is 0.986. The Bertz CT molecular complexity index is 908. The molecular weight excluding hydrogens is 382 g/mol. The van der Waals surface area contributed by atoms with Gasteiger partial charge in [-0.25, -0.2) is 4.79 Å². The van der Waals surface area contributed by atoms with Gasteiger partial charge in [0.25, 0.3) is 0 Å². The van der Waals surface area contributed by atoms with E-state index < -0.39 is 0 Å². The fourth-order valence-electron chi connectivity index (χ4n) is 2.64. The van der Waals surface area contributed by atoms with Gasteiger partial charge < -0.3 is 9.30 Å². The summed E-state index contributed by atoms with van der Waals surface area (Å²) in [4.78, 5) is 11.5. The van der Waals surface area contributed by atoms with E-state index in [1.54, 1.807) is 23.9 Å². The average Bonchev–Trinajstić information content (AvgIpc) is 3.09. The molecule has 1 aromatic heterocycles. The van der Waals surface area contributed by atoms with Crippen molar-refractivity contribution in [2.24, 2.45) is 0 Å². The third kappa shape index (κ3) is 4.70. The second-order valence-electron chi connectivity index (χ2n) is 5.94. The van der Waals surface area contributed by atoms with Gasteiger partial charge in [-0.2, -0.15) is 0 Å². The number of rotatable bonds is 7. The molecule has 0 fully saturated rings. The van der Waals surface area contributed by atoms with Crippen molar-refractivity contribution in [2.45, 2.75) is 30.8 Å². The van der Waals surface area contributed by atoms with E-state index in [1.165, 1.54) is 7.11 Å². The van der Waals surface area contributed by atoms with Crippen LogP contribution in [0.4, 0.5) is 0 Å². The second-order valence-corrected chi connectivity index (χ2v) is 7.32. The summed E-state index contributed by atoms with van der Waals surface area (Å²) < 4.78 is 6.86. The molecule has 0 saturated heterocycles. The summed E-state index contributed by atoms with van der Waals surface area (Å²) in [6, 6.07) is 15.0. The summed E-state index contributed by atoms with van der Waals surface area (Å²) in [5.41, 5.74) is 2.65. The summed E-state index contributed by atoms with van der Waals surface area (Å²) in [5.74, 6) is 1.26. The van der Waals surface area contributed by atoms with Gasteiger partial charge in [0.15, 0.2) is 11.0 Å². The molecule has 2 aromatic carbocycles. The second kappa shape index (κ2) is 9.06. The Morgan fingerprint density at radius 1 is 1.11 bits per heavy atom. The number of carbonyl (C=O) groups is 1. The molecule has 0 aliphatic heterocycles. The van der Waals surface area contributed by atoms with Gasteiger partial charge in [0.05, 0.1) is 12.7 Å². The summed E-state index contributed by atoms with van der Waals surface area (Å²) in [5, 5.41) is 10.3. The van der Waals surface area contributed by atoms with Gasteiger partial charge in [-0.3, -0.25) is 0 Å². The van der Waals surface area contributed by atoms with Crippen LogP contribution in [0.15, 0.2) is 53.7 Å². The zero-order valence-electron chi connectivity index (χ0n) is 15.2. The van der Waals surface area contributed by atoms with E-state index in [4.69, 9.17) is 16.3 Å². The molecule has 0 aliphatic rings. The van der Waals surface area contributed by atoms with Crippen molar-refractivity contribution in [3.05, 3.63) is 64.7 Å². The van der Waals surface area contributed by atoms with Crippen LogP contribution >= 0.6 is 23.4 Å². The van der Waals surface area contributed by atoms with Crippen LogP contribution in [-0.2, 0) is 17.0 Å². The molecule has 5 nitrogen and oxygen atoms in total. The maximum atomic E-state index is 11.5. The minimum atomic E-state index is -0.329. The largest absolute Gasteiger partial charge is 0.465 e. The van der Waals surface area contributed by atoms with Gasteiger partial charge in [-0.1, -0.05) is 42.4 Å². The fourth-order valence-corrected chi connectivity index (χ4v) is 3.68. The highest BCUT2D eigenvalue weighted by Gasteiger charge is 2.14. The Balaban J connectivity index is 1.76. The highest BCUT2D eigenvalue weighted by molar-refractivity contribution is 7.98. The van der Waals surface area contributed by atoms with E-state index in [0.29, 0.717) is 10.6 Å². The zero-order valence-corrected chi connectivity index (χ0v) is 16.8. The standard InChI is InChI=1S/C20H20ClN3O2S/c1-3-12-24-18(15-8-10-17(21)11-9-15)22-23-20(24)27-13-14-4-6-16(7-5-14)19(25)26-2/h4-11H,3,12-13H2,1-2H3. The number of esters is 1. The number of halogens is 1. The van der Waals surface area contributed by atoms with Crippen LogP contribution < -0.4 is 0 Å². The smallest absolute Gasteiger partial charge is 0.337 e. The molecule has 1 heterocycles. The van der Waals surface area contributed by atoms with Crippen LogP contribution in [0.5, 0.6) is 0 Å². The lowest BCUT2D eigenvalue weighted by molar-refractivity contribution is 0.0600. The molecule has 0 N–H and O–H groups in total. The van der Waals surface area contributed by atoms with E-state index >= 15 is 0 Å². The predicted octanol–water partition coefficient (Wildman–Crippen LogP) is 5.09. The summed E-state index contributed by atoms with van der Waals surface area (Å²) >= 11 is 7.61. The van der Waals surface area contributed by atoms with Gasteiger partial charge in [0, 0.05) is 22.9 Å². The number of aromatic nitrogens is 3. The van der Waals surface area contributed by atoms with Crippen molar-refractivity contribution in [2.75, 3.05) is 7.11 Å². The molecule has 3 rings (SSSR count). The minimum absolute atomic E-state index is 0.329. The van der Waals surface area contributed by atoms with Crippen LogP contribution in [-0.4, -0.2) is 27.8 Å². The molecule has 0 spiro atoms. The Kier molecular flexibility index (Phi) is 6.53. The molecule has 0 atom stereocenters. The van der Waals surface area contributed by atoms with E-state index in [1.807, 2.05) is 36.4 Å². The normalized spacial score (nSPS) is 10.8. The number of thioether (sulfide) groups is 1. The van der Waals surface area contributed by atoms with Crippen LogP contribution in [0.3, 0.4) is 0 Å². The molecule has 0 amide bonds. The van der Waals surface area contributed by atoms with Gasteiger partial charge in [0.1, 0.15) is 0 Å². The van der Waals surface area contributed by atoms with Crippen LogP contribution in [0.1, 0.15) is 29.3 Å². The topological polar surface area (TPSA) is 57.0 Å². The van der Waals surface area contributed by atoms with Crippen molar-refractivity contribution in [3.63, 3.8) is 0 Å². The maximum Gasteiger partial charge on any atom is 0.337 e. The molecule has 0 bridgehead atoms. The van der Waals surface area contributed by atoms with Crippen molar-refractivity contribution >= 4 is 29.3 Å². The lowest BCUT2D eigenvalue weighted by Crippen LogP contribution is -2.02. The molecule has 3 aromatic rings. The Hall–Kier alpha value is -2.31. The van der Waals surface area contributed by atoms with Gasteiger partial charge in [-0.15, -0.1) is 10.2 Å². The first-order valence-corrected chi connectivity index (χ1v) is 9.98. The number of carbonyl (C=O) groups excluding carboxylic acids is 1. The van der Waals surface area contributed by atoms with E-state index in [-0.39, 0.29) is 5.97 Å². The van der Waals surface area contributed by atoms with Crippen molar-refractivity contribution < 1.29 is 9.53 Å². The molecule has 0 aliphatic carbocycles. The van der Waals surface area contributed by atoms with Gasteiger partial charge in [0.2, 0.25) is 0 Å². The first-order valence-electron chi connectivity index (χ1n) is 8.61. The monoisotopic (exact) mass is 401 g/mol. The zero-order chi connectivity index (χ0) is 19.2. The number of ether oxygens (including phenoxy) is 1. The van der Waals surface area contributed by atoms with Crippen LogP contribution in [0.2, 0.25) is 5.02 Å². The molecular formula is C20H20ClN3O2S.